The molecule has 0 aliphatic carbocycles. The van der Waals surface area contributed by atoms with Crippen molar-refractivity contribution in [2.24, 2.45) is 0 Å². The number of rotatable bonds is 6. The van der Waals surface area contributed by atoms with Gasteiger partial charge in [0.1, 0.15) is 6.10 Å². The number of aromatic nitrogens is 1. The first-order valence-electron chi connectivity index (χ1n) is 11.8. The van der Waals surface area contributed by atoms with Crippen LogP contribution in [0.25, 0.3) is 32.3 Å². The van der Waals surface area contributed by atoms with Gasteiger partial charge in [0.2, 0.25) is 0 Å². The van der Waals surface area contributed by atoms with Gasteiger partial charge in [-0.3, -0.25) is 5.32 Å². The van der Waals surface area contributed by atoms with Crippen molar-refractivity contribution in [2.45, 2.75) is 20.0 Å². The number of nitrogens with one attached hydrogen (secondary N) is 1. The average molecular weight is 509 g/mol. The summed E-state index contributed by atoms with van der Waals surface area (Å²) in [5.41, 5.74) is 5.45. The van der Waals surface area contributed by atoms with E-state index in [0.717, 1.165) is 43.6 Å². The number of anilines is 1. The molecule has 0 spiro atoms. The highest BCUT2D eigenvalue weighted by Crippen LogP contribution is 2.37. The minimum Gasteiger partial charge on any atom is -0.478 e. The van der Waals surface area contributed by atoms with Crippen molar-refractivity contribution >= 4 is 40.1 Å². The average Bonchev–Trinajstić information content (AvgIpc) is 3.28. The number of carboxylic acid groups (broad SMARTS) is 1. The highest BCUT2D eigenvalue weighted by atomic mass is 32.1. The molecule has 0 saturated heterocycles. The number of hydrogen-bond acceptors (Lipinski definition) is 5. The van der Waals surface area contributed by atoms with E-state index in [9.17, 15) is 9.59 Å². The van der Waals surface area contributed by atoms with Crippen LogP contribution >= 0.6 is 11.5 Å². The number of nitrogens with zero attached hydrogens (tertiary/aromatic N) is 1. The van der Waals surface area contributed by atoms with E-state index in [0.29, 0.717) is 5.69 Å². The van der Waals surface area contributed by atoms with Crippen LogP contribution in [-0.2, 0) is 4.74 Å². The summed E-state index contributed by atoms with van der Waals surface area (Å²) in [7, 11) is 0. The molecule has 0 bridgehead atoms. The van der Waals surface area contributed by atoms with Gasteiger partial charge in [-0.15, -0.1) is 0 Å². The van der Waals surface area contributed by atoms with E-state index in [-0.39, 0.29) is 11.7 Å². The molecule has 37 heavy (non-hydrogen) atoms. The van der Waals surface area contributed by atoms with E-state index in [1.165, 1.54) is 11.5 Å². The van der Waals surface area contributed by atoms with E-state index in [1.807, 2.05) is 80.6 Å². The number of benzene rings is 4. The van der Waals surface area contributed by atoms with E-state index < -0.39 is 12.1 Å². The van der Waals surface area contributed by atoms with Crippen LogP contribution in [0, 0.1) is 6.92 Å². The monoisotopic (exact) mass is 508 g/mol. The summed E-state index contributed by atoms with van der Waals surface area (Å²) >= 11 is 1.33. The second-order valence-electron chi connectivity index (χ2n) is 8.71. The molecule has 1 unspecified atom stereocenters. The van der Waals surface area contributed by atoms with Crippen LogP contribution in [0.5, 0.6) is 0 Å². The predicted molar refractivity (Wildman–Crippen MR) is 147 cm³/mol. The summed E-state index contributed by atoms with van der Waals surface area (Å²) in [5.74, 6) is -0.941. The van der Waals surface area contributed by atoms with Gasteiger partial charge in [0.05, 0.1) is 21.8 Å². The fourth-order valence-corrected chi connectivity index (χ4v) is 5.01. The second-order valence-corrected chi connectivity index (χ2v) is 9.49. The topological polar surface area (TPSA) is 88.5 Å². The maximum Gasteiger partial charge on any atom is 0.412 e. The molecule has 1 amide bonds. The normalized spacial score (nSPS) is 11.7. The number of hydrogen-bond donors (Lipinski definition) is 2. The van der Waals surface area contributed by atoms with E-state index >= 15 is 0 Å². The lowest BCUT2D eigenvalue weighted by atomic mass is 9.98. The molecule has 1 aromatic heterocycles. The SMILES string of the molecule is Cc1nsc(-c2ccc3cc(-c4ccc(C(=O)O)cc4)ccc3c2)c1NC(=O)OC(C)c1ccccc1. The van der Waals surface area contributed by atoms with Crippen LogP contribution in [0.3, 0.4) is 0 Å². The lowest BCUT2D eigenvalue weighted by Gasteiger charge is -2.15. The zero-order valence-electron chi connectivity index (χ0n) is 20.3. The molecular weight excluding hydrogens is 484 g/mol. The molecule has 5 aromatic rings. The van der Waals surface area contributed by atoms with Gasteiger partial charge in [0.25, 0.3) is 0 Å². The van der Waals surface area contributed by atoms with Crippen molar-refractivity contribution in [1.82, 2.24) is 4.37 Å². The number of aromatic carboxylic acids is 1. The summed E-state index contributed by atoms with van der Waals surface area (Å²) < 4.78 is 10.1. The number of fused-ring (bicyclic) bond motifs is 1. The van der Waals surface area contributed by atoms with Crippen LogP contribution < -0.4 is 5.32 Å². The maximum absolute atomic E-state index is 12.7. The highest BCUT2D eigenvalue weighted by molar-refractivity contribution is 7.10. The van der Waals surface area contributed by atoms with Gasteiger partial charge in [0, 0.05) is 0 Å². The predicted octanol–water partition coefficient (Wildman–Crippen LogP) is 7.95. The number of aryl methyl sites for hydroxylation is 1. The van der Waals surface area contributed by atoms with Crippen LogP contribution in [0.2, 0.25) is 0 Å². The van der Waals surface area contributed by atoms with Crippen LogP contribution in [0.1, 0.15) is 34.6 Å². The van der Waals surface area contributed by atoms with E-state index in [2.05, 4.69) is 21.8 Å². The summed E-state index contributed by atoms with van der Waals surface area (Å²) in [6, 6.07) is 28.7. The Balaban J connectivity index is 1.37. The van der Waals surface area contributed by atoms with Crippen molar-refractivity contribution < 1.29 is 19.4 Å². The van der Waals surface area contributed by atoms with Gasteiger partial charge >= 0.3 is 12.1 Å². The van der Waals surface area contributed by atoms with Gasteiger partial charge in [-0.1, -0.05) is 66.7 Å². The molecule has 0 aliphatic heterocycles. The number of carboxylic acids is 1. The van der Waals surface area contributed by atoms with Gasteiger partial charge in [0.15, 0.2) is 0 Å². The summed E-state index contributed by atoms with van der Waals surface area (Å²) in [4.78, 5) is 24.7. The minimum atomic E-state index is -0.941. The van der Waals surface area contributed by atoms with Gasteiger partial charge in [-0.2, -0.15) is 4.37 Å². The Bertz CT molecular complexity index is 1590. The molecule has 4 aromatic carbocycles. The smallest absolute Gasteiger partial charge is 0.412 e. The molecule has 6 nitrogen and oxygen atoms in total. The standard InChI is InChI=1S/C30H24N2O4S/c1-18-27(31-30(35)36-19(2)20-6-4-3-5-7-20)28(37-32-18)26-15-14-24-16-23(12-13-25(24)17-26)21-8-10-22(11-9-21)29(33)34/h3-17,19H,1-2H3,(H,31,35)(H,33,34). The van der Waals surface area contributed by atoms with Gasteiger partial charge in [-0.05, 0) is 82.7 Å². The van der Waals surface area contributed by atoms with Crippen molar-refractivity contribution in [3.05, 3.63) is 108 Å². The Kier molecular flexibility index (Phi) is 6.70. The Morgan fingerprint density at radius 2 is 1.49 bits per heavy atom. The third-order valence-electron chi connectivity index (χ3n) is 6.21. The fraction of sp³-hybridized carbons (Fsp3) is 0.100. The Morgan fingerprint density at radius 3 is 2.16 bits per heavy atom. The maximum atomic E-state index is 12.7. The number of ether oxygens (including phenoxy) is 1. The molecular formula is C30H24N2O4S. The van der Waals surface area contributed by atoms with E-state index in [4.69, 9.17) is 9.84 Å². The van der Waals surface area contributed by atoms with Crippen molar-refractivity contribution in [1.29, 1.82) is 0 Å². The molecule has 1 atom stereocenters. The molecule has 0 saturated carbocycles. The van der Waals surface area contributed by atoms with Crippen molar-refractivity contribution in [2.75, 3.05) is 5.32 Å². The first-order valence-corrected chi connectivity index (χ1v) is 12.5. The number of carbonyl (C=O) groups excluding carboxylic acids is 1. The molecule has 2 N–H and O–H groups in total. The Hall–Kier alpha value is -4.49. The Labute approximate surface area is 218 Å². The van der Waals surface area contributed by atoms with Gasteiger partial charge in [-0.25, -0.2) is 9.59 Å². The minimum absolute atomic E-state index is 0.261. The third-order valence-corrected chi connectivity index (χ3v) is 7.20. The molecule has 1 heterocycles. The molecule has 0 aliphatic rings. The summed E-state index contributed by atoms with van der Waals surface area (Å²) in [6.45, 7) is 3.70. The third kappa shape index (κ3) is 5.22. The molecule has 0 radical (unpaired) electrons. The lowest BCUT2D eigenvalue weighted by molar-refractivity contribution is 0.0696. The van der Waals surface area contributed by atoms with Crippen LogP contribution in [0.15, 0.2) is 91.0 Å². The first kappa shape index (κ1) is 24.2. The number of carbonyl (C=O) groups is 2. The second kappa shape index (κ2) is 10.2. The first-order chi connectivity index (χ1) is 17.9. The van der Waals surface area contributed by atoms with Crippen molar-refractivity contribution in [3.63, 3.8) is 0 Å². The summed E-state index contributed by atoms with van der Waals surface area (Å²) in [6.07, 6.45) is -0.910. The zero-order chi connectivity index (χ0) is 25.9. The Morgan fingerprint density at radius 1 is 0.865 bits per heavy atom. The van der Waals surface area contributed by atoms with Crippen LogP contribution in [-0.4, -0.2) is 21.5 Å². The quantitative estimate of drug-likeness (QED) is 0.243. The largest absolute Gasteiger partial charge is 0.478 e. The molecule has 7 heteroatoms. The zero-order valence-corrected chi connectivity index (χ0v) is 21.1. The van der Waals surface area contributed by atoms with Gasteiger partial charge < -0.3 is 9.84 Å². The molecule has 0 fully saturated rings. The van der Waals surface area contributed by atoms with E-state index in [1.54, 1.807) is 12.1 Å². The fourth-order valence-electron chi connectivity index (χ4n) is 4.17. The number of amides is 1. The van der Waals surface area contributed by atoms with Crippen LogP contribution in [0.4, 0.5) is 10.5 Å². The van der Waals surface area contributed by atoms with Crippen molar-refractivity contribution in [3.8, 4) is 21.6 Å². The molecule has 5 rings (SSSR count). The highest BCUT2D eigenvalue weighted by Gasteiger charge is 2.18. The lowest BCUT2D eigenvalue weighted by Crippen LogP contribution is -2.16. The molecule has 184 valence electrons. The summed E-state index contributed by atoms with van der Waals surface area (Å²) in [5, 5.41) is 14.1.